The Hall–Kier alpha value is -2.08. The highest BCUT2D eigenvalue weighted by atomic mass is 16.5. The van der Waals surface area contributed by atoms with Gasteiger partial charge in [0.15, 0.2) is 5.58 Å². The molecule has 1 aliphatic heterocycles. The number of morpholine rings is 1. The number of amides is 1. The first-order chi connectivity index (χ1) is 8.72. The molecule has 2 heterocycles. The van der Waals surface area contributed by atoms with Crippen LogP contribution in [0.2, 0.25) is 0 Å². The first kappa shape index (κ1) is 11.0. The third-order valence-corrected chi connectivity index (χ3v) is 2.87. The minimum atomic E-state index is -0.0389. The van der Waals surface area contributed by atoms with Gasteiger partial charge >= 0.3 is 0 Å². The first-order valence-corrected chi connectivity index (χ1v) is 5.73. The first-order valence-electron chi connectivity index (χ1n) is 5.73. The van der Waals surface area contributed by atoms with Crippen LogP contribution in [0, 0.1) is 0 Å². The fourth-order valence-corrected chi connectivity index (χ4v) is 1.94. The van der Waals surface area contributed by atoms with Crippen LogP contribution in [0.15, 0.2) is 22.6 Å². The standard InChI is InChI=1S/C12H13N3O3/c13-8-1-2-10-9(5-8)14-11(18-10)6-15-3-4-17-7-12(15)16/h1-2,5H,3-4,6-7,13H2. The van der Waals surface area contributed by atoms with Crippen LogP contribution in [0.5, 0.6) is 0 Å². The SMILES string of the molecule is Nc1ccc2oc(CN3CCOCC3=O)nc2c1. The normalized spacial score (nSPS) is 16.4. The summed E-state index contributed by atoms with van der Waals surface area (Å²) in [6, 6.07) is 5.29. The zero-order valence-electron chi connectivity index (χ0n) is 9.76. The molecule has 0 bridgehead atoms. The van der Waals surface area contributed by atoms with Crippen molar-refractivity contribution in [3.8, 4) is 0 Å². The lowest BCUT2D eigenvalue weighted by atomic mass is 10.3. The summed E-state index contributed by atoms with van der Waals surface area (Å²) < 4.78 is 10.6. The van der Waals surface area contributed by atoms with E-state index in [1.165, 1.54) is 0 Å². The minimum absolute atomic E-state index is 0.0389. The van der Waals surface area contributed by atoms with E-state index in [9.17, 15) is 4.79 Å². The van der Waals surface area contributed by atoms with Crippen LogP contribution in [-0.2, 0) is 16.1 Å². The second kappa shape index (κ2) is 4.30. The minimum Gasteiger partial charge on any atom is -0.439 e. The van der Waals surface area contributed by atoms with Crippen molar-refractivity contribution in [2.45, 2.75) is 6.54 Å². The molecule has 1 aromatic heterocycles. The molecule has 0 saturated carbocycles. The number of fused-ring (bicyclic) bond motifs is 1. The molecule has 6 heteroatoms. The molecule has 1 aromatic carbocycles. The second-order valence-electron chi connectivity index (χ2n) is 4.20. The highest BCUT2D eigenvalue weighted by Gasteiger charge is 2.20. The lowest BCUT2D eigenvalue weighted by molar-refractivity contribution is -0.143. The molecule has 2 N–H and O–H groups in total. The number of carbonyl (C=O) groups is 1. The lowest BCUT2D eigenvalue weighted by Gasteiger charge is -2.25. The van der Waals surface area contributed by atoms with Gasteiger partial charge in [-0.25, -0.2) is 4.98 Å². The Bertz CT molecular complexity index is 593. The smallest absolute Gasteiger partial charge is 0.249 e. The van der Waals surface area contributed by atoms with Crippen molar-refractivity contribution in [2.75, 3.05) is 25.5 Å². The summed E-state index contributed by atoms with van der Waals surface area (Å²) in [5, 5.41) is 0. The number of anilines is 1. The van der Waals surface area contributed by atoms with E-state index in [-0.39, 0.29) is 12.5 Å². The molecule has 0 aliphatic carbocycles. The summed E-state index contributed by atoms with van der Waals surface area (Å²) in [7, 11) is 0. The molecule has 1 fully saturated rings. The van der Waals surface area contributed by atoms with Crippen LogP contribution >= 0.6 is 0 Å². The molecule has 0 spiro atoms. The monoisotopic (exact) mass is 247 g/mol. The Morgan fingerprint density at radius 3 is 3.17 bits per heavy atom. The maximum atomic E-state index is 11.6. The van der Waals surface area contributed by atoms with Crippen LogP contribution in [0.25, 0.3) is 11.1 Å². The number of ether oxygens (including phenoxy) is 1. The molecule has 6 nitrogen and oxygen atoms in total. The maximum absolute atomic E-state index is 11.6. The van der Waals surface area contributed by atoms with Crippen molar-refractivity contribution in [1.82, 2.24) is 9.88 Å². The van der Waals surface area contributed by atoms with Gasteiger partial charge in [0.25, 0.3) is 0 Å². The van der Waals surface area contributed by atoms with E-state index in [4.69, 9.17) is 14.9 Å². The van der Waals surface area contributed by atoms with E-state index in [2.05, 4.69) is 4.98 Å². The predicted molar refractivity (Wildman–Crippen MR) is 64.7 cm³/mol. The number of nitrogens with two attached hydrogens (primary N) is 1. The number of hydrogen-bond acceptors (Lipinski definition) is 5. The van der Waals surface area contributed by atoms with Gasteiger partial charge in [-0.15, -0.1) is 0 Å². The van der Waals surface area contributed by atoms with E-state index in [1.54, 1.807) is 23.1 Å². The van der Waals surface area contributed by atoms with Crippen LogP contribution < -0.4 is 5.73 Å². The molecule has 0 radical (unpaired) electrons. The van der Waals surface area contributed by atoms with E-state index >= 15 is 0 Å². The number of rotatable bonds is 2. The number of carbonyl (C=O) groups excluding carboxylic acids is 1. The lowest BCUT2D eigenvalue weighted by Crippen LogP contribution is -2.40. The van der Waals surface area contributed by atoms with Crippen molar-refractivity contribution >= 4 is 22.7 Å². The largest absolute Gasteiger partial charge is 0.439 e. The van der Waals surface area contributed by atoms with Gasteiger partial charge in [-0.3, -0.25) is 4.79 Å². The van der Waals surface area contributed by atoms with Gasteiger partial charge in [0.2, 0.25) is 11.8 Å². The second-order valence-corrected chi connectivity index (χ2v) is 4.20. The summed E-state index contributed by atoms with van der Waals surface area (Å²) in [6.45, 7) is 1.63. The van der Waals surface area contributed by atoms with Gasteiger partial charge in [-0.05, 0) is 18.2 Å². The Morgan fingerprint density at radius 2 is 2.33 bits per heavy atom. The third-order valence-electron chi connectivity index (χ3n) is 2.87. The highest BCUT2D eigenvalue weighted by Crippen LogP contribution is 2.19. The zero-order chi connectivity index (χ0) is 12.5. The van der Waals surface area contributed by atoms with Crippen molar-refractivity contribution in [1.29, 1.82) is 0 Å². The summed E-state index contributed by atoms with van der Waals surface area (Å²) in [4.78, 5) is 17.6. The van der Waals surface area contributed by atoms with Gasteiger partial charge in [0.1, 0.15) is 12.1 Å². The number of nitrogen functional groups attached to an aromatic ring is 1. The average molecular weight is 247 g/mol. The van der Waals surface area contributed by atoms with Crippen molar-refractivity contribution < 1.29 is 13.9 Å². The fraction of sp³-hybridized carbons (Fsp3) is 0.333. The predicted octanol–water partition coefficient (Wildman–Crippen LogP) is 0.769. The molecule has 2 aromatic rings. The van der Waals surface area contributed by atoms with Crippen molar-refractivity contribution in [3.05, 3.63) is 24.1 Å². The third kappa shape index (κ3) is 2.02. The quantitative estimate of drug-likeness (QED) is 0.792. The fourth-order valence-electron chi connectivity index (χ4n) is 1.94. The van der Waals surface area contributed by atoms with Crippen LogP contribution in [0.4, 0.5) is 5.69 Å². The summed E-state index contributed by atoms with van der Waals surface area (Å²) >= 11 is 0. The van der Waals surface area contributed by atoms with Gasteiger partial charge in [0, 0.05) is 12.2 Å². The summed E-state index contributed by atoms with van der Waals surface area (Å²) in [6.07, 6.45) is 0. The number of nitrogens with zero attached hydrogens (tertiary/aromatic N) is 2. The molecule has 1 saturated heterocycles. The zero-order valence-corrected chi connectivity index (χ0v) is 9.76. The Labute approximate surface area is 103 Å². The Kier molecular flexibility index (Phi) is 2.64. The molecule has 0 unspecified atom stereocenters. The van der Waals surface area contributed by atoms with Crippen LogP contribution in [0.3, 0.4) is 0 Å². The maximum Gasteiger partial charge on any atom is 0.249 e. The van der Waals surface area contributed by atoms with E-state index < -0.39 is 0 Å². The van der Waals surface area contributed by atoms with Crippen molar-refractivity contribution in [2.24, 2.45) is 0 Å². The Morgan fingerprint density at radius 1 is 1.44 bits per heavy atom. The highest BCUT2D eigenvalue weighted by molar-refractivity contribution is 5.78. The van der Waals surface area contributed by atoms with E-state index in [0.29, 0.717) is 42.4 Å². The summed E-state index contributed by atoms with van der Waals surface area (Å²) in [5.74, 6) is 0.480. The Balaban J connectivity index is 1.84. The van der Waals surface area contributed by atoms with Gasteiger partial charge in [0.05, 0.1) is 13.2 Å². The molecule has 94 valence electrons. The van der Waals surface area contributed by atoms with Gasteiger partial charge < -0.3 is 19.8 Å². The van der Waals surface area contributed by atoms with Gasteiger partial charge in [-0.2, -0.15) is 0 Å². The molecular formula is C12H13N3O3. The molecular weight excluding hydrogens is 234 g/mol. The topological polar surface area (TPSA) is 81.6 Å². The number of benzene rings is 1. The van der Waals surface area contributed by atoms with Gasteiger partial charge in [-0.1, -0.05) is 0 Å². The molecule has 1 aliphatic rings. The van der Waals surface area contributed by atoms with Crippen LogP contribution in [0.1, 0.15) is 5.89 Å². The average Bonchev–Trinajstić information content (AvgIpc) is 2.73. The molecule has 1 amide bonds. The molecule has 3 rings (SSSR count). The van der Waals surface area contributed by atoms with Crippen LogP contribution in [-0.4, -0.2) is 35.5 Å². The number of oxazole rings is 1. The van der Waals surface area contributed by atoms with E-state index in [1.807, 2.05) is 0 Å². The molecule has 0 atom stereocenters. The van der Waals surface area contributed by atoms with E-state index in [0.717, 1.165) is 0 Å². The van der Waals surface area contributed by atoms with Crippen molar-refractivity contribution in [3.63, 3.8) is 0 Å². The molecule has 18 heavy (non-hydrogen) atoms. The number of aromatic nitrogens is 1. The summed E-state index contributed by atoms with van der Waals surface area (Å²) in [5.41, 5.74) is 7.71. The number of hydrogen-bond donors (Lipinski definition) is 1.